The third-order valence-electron chi connectivity index (χ3n) is 4.58. The van der Waals surface area contributed by atoms with E-state index in [2.05, 4.69) is 0 Å². The number of rotatable bonds is 4. The SMILES string of the molecule is Cc1ccccc1C(=O)O[C@H](C(=O)N1CCCCC1)c1ccccc1. The molecule has 0 radical (unpaired) electrons. The van der Waals surface area contributed by atoms with Crippen molar-refractivity contribution in [1.82, 2.24) is 4.90 Å². The molecule has 1 fully saturated rings. The van der Waals surface area contributed by atoms with Gasteiger partial charge in [0.25, 0.3) is 5.91 Å². The van der Waals surface area contributed by atoms with Crippen molar-refractivity contribution in [2.75, 3.05) is 13.1 Å². The van der Waals surface area contributed by atoms with E-state index >= 15 is 0 Å². The molecule has 0 spiro atoms. The molecule has 1 aliphatic heterocycles. The summed E-state index contributed by atoms with van der Waals surface area (Å²) >= 11 is 0. The summed E-state index contributed by atoms with van der Waals surface area (Å²) in [6.07, 6.45) is 2.24. The van der Waals surface area contributed by atoms with Crippen LogP contribution in [0.15, 0.2) is 54.6 Å². The van der Waals surface area contributed by atoms with E-state index in [0.29, 0.717) is 11.1 Å². The number of likely N-dealkylation sites (tertiary alicyclic amines) is 1. The summed E-state index contributed by atoms with van der Waals surface area (Å²) in [4.78, 5) is 27.5. The predicted molar refractivity (Wildman–Crippen MR) is 96.2 cm³/mol. The van der Waals surface area contributed by atoms with E-state index in [-0.39, 0.29) is 5.91 Å². The average Bonchev–Trinajstić information content (AvgIpc) is 2.67. The summed E-state index contributed by atoms with van der Waals surface area (Å²) < 4.78 is 5.69. The fourth-order valence-electron chi connectivity index (χ4n) is 3.14. The van der Waals surface area contributed by atoms with Crippen LogP contribution < -0.4 is 0 Å². The number of carbonyl (C=O) groups excluding carboxylic acids is 2. The fraction of sp³-hybridized carbons (Fsp3) is 0.333. The summed E-state index contributed by atoms with van der Waals surface area (Å²) in [5.74, 6) is -0.592. The van der Waals surface area contributed by atoms with Gasteiger partial charge in [0.1, 0.15) is 0 Å². The molecule has 130 valence electrons. The smallest absolute Gasteiger partial charge is 0.339 e. The molecule has 0 unspecified atom stereocenters. The van der Waals surface area contributed by atoms with Gasteiger partial charge >= 0.3 is 5.97 Å². The third kappa shape index (κ3) is 4.08. The van der Waals surface area contributed by atoms with E-state index in [1.54, 1.807) is 12.1 Å². The van der Waals surface area contributed by atoms with Crippen LogP contribution in [0.25, 0.3) is 0 Å². The number of piperidine rings is 1. The van der Waals surface area contributed by atoms with E-state index in [1.807, 2.05) is 54.3 Å². The fourth-order valence-corrected chi connectivity index (χ4v) is 3.14. The molecule has 4 heteroatoms. The summed E-state index contributed by atoms with van der Waals surface area (Å²) in [5.41, 5.74) is 2.04. The Morgan fingerprint density at radius 3 is 2.24 bits per heavy atom. The second kappa shape index (κ2) is 7.97. The van der Waals surface area contributed by atoms with Gasteiger partial charge < -0.3 is 9.64 Å². The van der Waals surface area contributed by atoms with Crippen molar-refractivity contribution in [3.63, 3.8) is 0 Å². The lowest BCUT2D eigenvalue weighted by atomic mass is 10.1. The maximum Gasteiger partial charge on any atom is 0.339 e. The second-order valence-electron chi connectivity index (χ2n) is 6.40. The van der Waals surface area contributed by atoms with E-state index in [9.17, 15) is 9.59 Å². The third-order valence-corrected chi connectivity index (χ3v) is 4.58. The molecule has 2 aromatic rings. The van der Waals surface area contributed by atoms with Crippen molar-refractivity contribution in [3.05, 3.63) is 71.3 Å². The number of ether oxygens (including phenoxy) is 1. The van der Waals surface area contributed by atoms with Crippen LogP contribution in [0.4, 0.5) is 0 Å². The van der Waals surface area contributed by atoms with Gasteiger partial charge in [-0.05, 0) is 37.8 Å². The molecule has 1 saturated heterocycles. The lowest BCUT2D eigenvalue weighted by Crippen LogP contribution is -2.40. The maximum atomic E-state index is 13.0. The molecule has 25 heavy (non-hydrogen) atoms. The quantitative estimate of drug-likeness (QED) is 0.795. The zero-order valence-electron chi connectivity index (χ0n) is 14.5. The summed E-state index contributed by atoms with van der Waals surface area (Å²) in [7, 11) is 0. The van der Waals surface area contributed by atoms with Crippen LogP contribution in [-0.2, 0) is 9.53 Å². The van der Waals surface area contributed by atoms with Gasteiger partial charge in [0.05, 0.1) is 5.56 Å². The largest absolute Gasteiger partial charge is 0.444 e. The Hall–Kier alpha value is -2.62. The number of hydrogen-bond donors (Lipinski definition) is 0. The highest BCUT2D eigenvalue weighted by Crippen LogP contribution is 2.24. The summed E-state index contributed by atoms with van der Waals surface area (Å²) in [6, 6.07) is 16.5. The van der Waals surface area contributed by atoms with Crippen molar-refractivity contribution in [3.8, 4) is 0 Å². The molecule has 3 rings (SSSR count). The molecule has 0 bridgehead atoms. The van der Waals surface area contributed by atoms with Crippen molar-refractivity contribution in [1.29, 1.82) is 0 Å². The highest BCUT2D eigenvalue weighted by molar-refractivity contribution is 5.93. The molecule has 0 N–H and O–H groups in total. The minimum absolute atomic E-state index is 0.132. The van der Waals surface area contributed by atoms with Crippen LogP contribution in [0.1, 0.15) is 46.9 Å². The number of aryl methyl sites for hydroxylation is 1. The lowest BCUT2D eigenvalue weighted by Gasteiger charge is -2.30. The second-order valence-corrected chi connectivity index (χ2v) is 6.40. The molecular weight excluding hydrogens is 314 g/mol. The van der Waals surface area contributed by atoms with Gasteiger partial charge in [0, 0.05) is 18.7 Å². The van der Waals surface area contributed by atoms with Crippen LogP contribution in [0, 0.1) is 6.92 Å². The van der Waals surface area contributed by atoms with Gasteiger partial charge in [0.15, 0.2) is 0 Å². The average molecular weight is 337 g/mol. The standard InChI is InChI=1S/C21H23NO3/c1-16-10-6-7-13-18(16)21(24)25-19(17-11-4-2-5-12-17)20(23)22-14-8-3-9-15-22/h2,4-7,10-13,19H,3,8-9,14-15H2,1H3/t19-/m0/s1. The Labute approximate surface area is 148 Å². The molecular formula is C21H23NO3. The highest BCUT2D eigenvalue weighted by Gasteiger charge is 2.30. The Morgan fingerprint density at radius 2 is 1.56 bits per heavy atom. The zero-order chi connectivity index (χ0) is 17.6. The van der Waals surface area contributed by atoms with Gasteiger partial charge in [-0.3, -0.25) is 4.79 Å². The van der Waals surface area contributed by atoms with Crippen molar-refractivity contribution < 1.29 is 14.3 Å². The van der Waals surface area contributed by atoms with Gasteiger partial charge in [-0.15, -0.1) is 0 Å². The molecule has 1 heterocycles. The minimum atomic E-state index is -0.897. The first-order chi connectivity index (χ1) is 12.2. The first-order valence-electron chi connectivity index (χ1n) is 8.77. The Balaban J connectivity index is 1.85. The predicted octanol–water partition coefficient (Wildman–Crippen LogP) is 3.91. The lowest BCUT2D eigenvalue weighted by molar-refractivity contribution is -0.142. The Kier molecular flexibility index (Phi) is 5.49. The van der Waals surface area contributed by atoms with Crippen molar-refractivity contribution in [2.45, 2.75) is 32.3 Å². The first-order valence-corrected chi connectivity index (χ1v) is 8.77. The molecule has 4 nitrogen and oxygen atoms in total. The van der Waals surface area contributed by atoms with E-state index in [1.165, 1.54) is 0 Å². The van der Waals surface area contributed by atoms with Crippen LogP contribution in [-0.4, -0.2) is 29.9 Å². The number of nitrogens with zero attached hydrogens (tertiary/aromatic N) is 1. The summed E-state index contributed by atoms with van der Waals surface area (Å²) in [5, 5.41) is 0. The van der Waals surface area contributed by atoms with Crippen molar-refractivity contribution in [2.24, 2.45) is 0 Å². The molecule has 1 amide bonds. The molecule has 1 aliphatic rings. The molecule has 1 atom stereocenters. The number of esters is 1. The molecule has 0 aromatic heterocycles. The monoisotopic (exact) mass is 337 g/mol. The number of carbonyl (C=O) groups is 2. The highest BCUT2D eigenvalue weighted by atomic mass is 16.5. The van der Waals surface area contributed by atoms with Crippen LogP contribution >= 0.6 is 0 Å². The van der Waals surface area contributed by atoms with Gasteiger partial charge in [-0.2, -0.15) is 0 Å². The van der Waals surface area contributed by atoms with E-state index < -0.39 is 12.1 Å². The Morgan fingerprint density at radius 1 is 0.920 bits per heavy atom. The van der Waals surface area contributed by atoms with Crippen molar-refractivity contribution >= 4 is 11.9 Å². The van der Waals surface area contributed by atoms with Gasteiger partial charge in [-0.25, -0.2) is 4.79 Å². The van der Waals surface area contributed by atoms with Gasteiger partial charge in [0.2, 0.25) is 6.10 Å². The number of benzene rings is 2. The molecule has 0 aliphatic carbocycles. The minimum Gasteiger partial charge on any atom is -0.444 e. The normalized spacial score (nSPS) is 15.5. The zero-order valence-corrected chi connectivity index (χ0v) is 14.5. The first kappa shape index (κ1) is 17.2. The number of amides is 1. The van der Waals surface area contributed by atoms with Crippen LogP contribution in [0.2, 0.25) is 0 Å². The summed E-state index contributed by atoms with van der Waals surface area (Å²) in [6.45, 7) is 3.31. The molecule has 0 saturated carbocycles. The Bertz CT molecular complexity index is 736. The topological polar surface area (TPSA) is 46.6 Å². The number of hydrogen-bond acceptors (Lipinski definition) is 3. The maximum absolute atomic E-state index is 13.0. The van der Waals surface area contributed by atoms with E-state index in [0.717, 1.165) is 37.9 Å². The van der Waals surface area contributed by atoms with Gasteiger partial charge in [-0.1, -0.05) is 48.5 Å². The van der Waals surface area contributed by atoms with Crippen LogP contribution in [0.5, 0.6) is 0 Å². The van der Waals surface area contributed by atoms with Crippen LogP contribution in [0.3, 0.4) is 0 Å². The molecule has 2 aromatic carbocycles. The van der Waals surface area contributed by atoms with E-state index in [4.69, 9.17) is 4.74 Å².